The average molecular weight is 273 g/mol. The Morgan fingerprint density at radius 2 is 2.26 bits per heavy atom. The highest BCUT2D eigenvalue weighted by molar-refractivity contribution is 8.00. The van der Waals surface area contributed by atoms with Crippen molar-refractivity contribution in [1.82, 2.24) is 4.98 Å². The van der Waals surface area contributed by atoms with Crippen molar-refractivity contribution in [3.63, 3.8) is 0 Å². The van der Waals surface area contributed by atoms with Gasteiger partial charge in [0.15, 0.2) is 0 Å². The van der Waals surface area contributed by atoms with Crippen molar-refractivity contribution in [3.8, 4) is 0 Å². The molecular formula is C15H19N3S. The van der Waals surface area contributed by atoms with Crippen LogP contribution in [0.15, 0.2) is 30.5 Å². The number of pyridine rings is 1. The van der Waals surface area contributed by atoms with E-state index in [1.54, 1.807) is 6.20 Å². The molecule has 1 aromatic heterocycles. The quantitative estimate of drug-likeness (QED) is 0.912. The van der Waals surface area contributed by atoms with Gasteiger partial charge in [-0.15, -0.1) is 0 Å². The summed E-state index contributed by atoms with van der Waals surface area (Å²) in [7, 11) is 0. The van der Waals surface area contributed by atoms with Crippen LogP contribution in [0, 0.1) is 0 Å². The van der Waals surface area contributed by atoms with Gasteiger partial charge >= 0.3 is 0 Å². The Hall–Kier alpha value is -1.42. The van der Waals surface area contributed by atoms with Crippen molar-refractivity contribution in [3.05, 3.63) is 30.5 Å². The van der Waals surface area contributed by atoms with E-state index in [4.69, 9.17) is 5.73 Å². The van der Waals surface area contributed by atoms with Crippen LogP contribution in [-0.4, -0.2) is 29.1 Å². The molecule has 1 aliphatic heterocycles. The first-order valence-corrected chi connectivity index (χ1v) is 7.84. The molecule has 1 aliphatic rings. The van der Waals surface area contributed by atoms with Crippen LogP contribution in [0.2, 0.25) is 0 Å². The van der Waals surface area contributed by atoms with Gasteiger partial charge in [-0.3, -0.25) is 4.98 Å². The molecule has 3 rings (SSSR count). The monoisotopic (exact) mass is 273 g/mol. The number of thioether (sulfide) groups is 1. The zero-order chi connectivity index (χ0) is 13.2. The second kappa shape index (κ2) is 5.29. The summed E-state index contributed by atoms with van der Waals surface area (Å²) >= 11 is 2.07. The third-order valence-electron chi connectivity index (χ3n) is 3.69. The summed E-state index contributed by atoms with van der Waals surface area (Å²) in [5.74, 6) is 1.18. The molecule has 2 heterocycles. The molecule has 3 nitrogen and oxygen atoms in total. The van der Waals surface area contributed by atoms with E-state index in [0.717, 1.165) is 24.3 Å². The minimum atomic E-state index is 0.708. The fourth-order valence-electron chi connectivity index (χ4n) is 2.66. The molecule has 1 fully saturated rings. The van der Waals surface area contributed by atoms with Crippen molar-refractivity contribution in [2.75, 3.05) is 29.5 Å². The van der Waals surface area contributed by atoms with Crippen molar-refractivity contribution < 1.29 is 0 Å². The molecule has 1 atom stereocenters. The molecule has 0 spiro atoms. The highest BCUT2D eigenvalue weighted by Crippen LogP contribution is 2.34. The summed E-state index contributed by atoms with van der Waals surface area (Å²) in [6, 6.07) is 8.25. The number of aromatic nitrogens is 1. The number of nitrogens with two attached hydrogens (primary N) is 1. The standard InChI is InChI=1S/C15H19N3S/c1-2-11-10-18(7-8-19-11)15-12-5-3-4-6-14(12)17-9-13(15)16/h3-6,9,11H,2,7-8,10,16H2,1H3. The SMILES string of the molecule is CCC1CN(c2c(N)cnc3ccccc23)CCS1. The highest BCUT2D eigenvalue weighted by Gasteiger charge is 2.22. The Bertz CT molecular complexity index is 585. The molecule has 0 radical (unpaired) electrons. The second-order valence-corrected chi connectivity index (χ2v) is 6.33. The van der Waals surface area contributed by atoms with Crippen LogP contribution >= 0.6 is 11.8 Å². The van der Waals surface area contributed by atoms with Crippen molar-refractivity contribution in [1.29, 1.82) is 0 Å². The maximum absolute atomic E-state index is 6.19. The molecule has 4 heteroatoms. The number of nitrogens with zero attached hydrogens (tertiary/aromatic N) is 2. The fraction of sp³-hybridized carbons (Fsp3) is 0.400. The largest absolute Gasteiger partial charge is 0.396 e. The summed E-state index contributed by atoms with van der Waals surface area (Å²) in [5.41, 5.74) is 9.18. The van der Waals surface area contributed by atoms with Crippen LogP contribution in [0.25, 0.3) is 10.9 Å². The van der Waals surface area contributed by atoms with E-state index in [9.17, 15) is 0 Å². The van der Waals surface area contributed by atoms with Crippen LogP contribution in [0.3, 0.4) is 0 Å². The van der Waals surface area contributed by atoms with Gasteiger partial charge in [0.1, 0.15) is 0 Å². The van der Waals surface area contributed by atoms with E-state index in [-0.39, 0.29) is 0 Å². The summed E-state index contributed by atoms with van der Waals surface area (Å²) in [5, 5.41) is 1.88. The first-order valence-electron chi connectivity index (χ1n) is 6.79. The molecule has 2 N–H and O–H groups in total. The number of fused-ring (bicyclic) bond motifs is 1. The average Bonchev–Trinajstić information content (AvgIpc) is 2.47. The zero-order valence-corrected chi connectivity index (χ0v) is 12.0. The predicted molar refractivity (Wildman–Crippen MR) is 84.9 cm³/mol. The predicted octanol–water partition coefficient (Wildman–Crippen LogP) is 3.15. The van der Waals surface area contributed by atoms with Crippen LogP contribution in [0.1, 0.15) is 13.3 Å². The van der Waals surface area contributed by atoms with Gasteiger partial charge in [-0.2, -0.15) is 11.8 Å². The van der Waals surface area contributed by atoms with Crippen molar-refractivity contribution >= 4 is 34.0 Å². The third-order valence-corrected chi connectivity index (χ3v) is 5.06. The zero-order valence-electron chi connectivity index (χ0n) is 11.2. The molecule has 19 heavy (non-hydrogen) atoms. The van der Waals surface area contributed by atoms with E-state index in [1.165, 1.54) is 23.2 Å². The Morgan fingerprint density at radius 1 is 1.42 bits per heavy atom. The Morgan fingerprint density at radius 3 is 3.11 bits per heavy atom. The lowest BCUT2D eigenvalue weighted by Gasteiger charge is -2.35. The summed E-state index contributed by atoms with van der Waals surface area (Å²) in [4.78, 5) is 6.85. The normalized spacial score (nSPS) is 19.8. The Kier molecular flexibility index (Phi) is 3.51. The number of para-hydroxylation sites is 1. The van der Waals surface area contributed by atoms with E-state index < -0.39 is 0 Å². The van der Waals surface area contributed by atoms with Crippen molar-refractivity contribution in [2.45, 2.75) is 18.6 Å². The lowest BCUT2D eigenvalue weighted by atomic mass is 10.1. The molecule has 1 unspecified atom stereocenters. The van der Waals surface area contributed by atoms with Gasteiger partial charge in [0.05, 0.1) is 23.1 Å². The molecule has 0 amide bonds. The highest BCUT2D eigenvalue weighted by atomic mass is 32.2. The number of anilines is 2. The van der Waals surface area contributed by atoms with Crippen LogP contribution in [0.4, 0.5) is 11.4 Å². The number of nitrogen functional groups attached to an aromatic ring is 1. The minimum absolute atomic E-state index is 0.708. The number of rotatable bonds is 2. The number of hydrogen-bond acceptors (Lipinski definition) is 4. The van der Waals surface area contributed by atoms with Gasteiger partial charge in [-0.25, -0.2) is 0 Å². The van der Waals surface area contributed by atoms with Gasteiger partial charge in [0.2, 0.25) is 0 Å². The second-order valence-electron chi connectivity index (χ2n) is 4.93. The first-order chi connectivity index (χ1) is 9.29. The Labute approximate surface area is 118 Å². The van der Waals surface area contributed by atoms with Crippen molar-refractivity contribution in [2.24, 2.45) is 0 Å². The first kappa shape index (κ1) is 12.6. The molecule has 0 bridgehead atoms. The van der Waals surface area contributed by atoms with Gasteiger partial charge in [0.25, 0.3) is 0 Å². The smallest absolute Gasteiger partial charge is 0.0745 e. The number of hydrogen-bond donors (Lipinski definition) is 1. The minimum Gasteiger partial charge on any atom is -0.396 e. The lowest BCUT2D eigenvalue weighted by Crippen LogP contribution is -2.38. The Balaban J connectivity index is 2.06. The van der Waals surface area contributed by atoms with Gasteiger partial charge in [0, 0.05) is 29.5 Å². The van der Waals surface area contributed by atoms with Crippen LogP contribution < -0.4 is 10.6 Å². The molecule has 2 aromatic rings. The summed E-state index contributed by atoms with van der Waals surface area (Å²) < 4.78 is 0. The summed E-state index contributed by atoms with van der Waals surface area (Å²) in [6.07, 6.45) is 3.00. The maximum Gasteiger partial charge on any atom is 0.0745 e. The number of benzene rings is 1. The lowest BCUT2D eigenvalue weighted by molar-refractivity contribution is 0.730. The van der Waals surface area contributed by atoms with Gasteiger partial charge in [-0.1, -0.05) is 25.1 Å². The molecule has 0 aliphatic carbocycles. The molecule has 0 saturated carbocycles. The maximum atomic E-state index is 6.19. The molecule has 100 valence electrons. The molecule has 1 saturated heterocycles. The molecule has 1 aromatic carbocycles. The van der Waals surface area contributed by atoms with E-state index >= 15 is 0 Å². The van der Waals surface area contributed by atoms with Crippen LogP contribution in [-0.2, 0) is 0 Å². The van der Waals surface area contributed by atoms with E-state index in [1.807, 2.05) is 12.1 Å². The molecular weight excluding hydrogens is 254 g/mol. The third kappa shape index (κ3) is 2.37. The summed E-state index contributed by atoms with van der Waals surface area (Å²) in [6.45, 7) is 4.41. The van der Waals surface area contributed by atoms with Crippen LogP contribution in [0.5, 0.6) is 0 Å². The van der Waals surface area contributed by atoms with E-state index in [2.05, 4.69) is 40.7 Å². The van der Waals surface area contributed by atoms with Gasteiger partial charge < -0.3 is 10.6 Å². The topological polar surface area (TPSA) is 42.1 Å². The fourth-order valence-corrected chi connectivity index (χ4v) is 3.84. The van der Waals surface area contributed by atoms with Gasteiger partial charge in [-0.05, 0) is 12.5 Å². The van der Waals surface area contributed by atoms with E-state index in [0.29, 0.717) is 5.25 Å².